The van der Waals surface area contributed by atoms with Gasteiger partial charge in [-0.25, -0.2) is 5.10 Å². The van der Waals surface area contributed by atoms with Crippen molar-refractivity contribution < 1.29 is 9.59 Å². The van der Waals surface area contributed by atoms with Crippen LogP contribution in [0.25, 0.3) is 0 Å². The first-order valence-electron chi connectivity index (χ1n) is 7.95. The Morgan fingerprint density at radius 1 is 1.16 bits per heavy atom. The number of H-pyrrole nitrogens is 1. The molecule has 0 bridgehead atoms. The van der Waals surface area contributed by atoms with Crippen molar-refractivity contribution in [3.63, 3.8) is 0 Å². The Hall–Kier alpha value is -2.48. The van der Waals surface area contributed by atoms with E-state index in [9.17, 15) is 14.4 Å². The van der Waals surface area contributed by atoms with Crippen LogP contribution in [0.4, 0.5) is 0 Å². The van der Waals surface area contributed by atoms with E-state index in [1.165, 1.54) is 12.1 Å². The second-order valence-corrected chi connectivity index (χ2v) is 6.68. The maximum Gasteiger partial charge on any atom is 0.271 e. The van der Waals surface area contributed by atoms with Crippen LogP contribution in [0.5, 0.6) is 0 Å². The number of aromatic amines is 1. The second-order valence-electron chi connectivity index (χ2n) is 5.83. The zero-order valence-electron chi connectivity index (χ0n) is 13.4. The van der Waals surface area contributed by atoms with E-state index in [4.69, 9.17) is 0 Å². The maximum atomic E-state index is 12.6. The molecular weight excluding hydrogens is 388 g/mol. The van der Waals surface area contributed by atoms with Crippen molar-refractivity contribution in [2.75, 3.05) is 13.1 Å². The summed E-state index contributed by atoms with van der Waals surface area (Å²) in [5, 5.41) is 8.85. The number of amides is 2. The summed E-state index contributed by atoms with van der Waals surface area (Å²) in [7, 11) is 0. The third kappa shape index (κ3) is 4.14. The van der Waals surface area contributed by atoms with Crippen LogP contribution in [-0.2, 0) is 0 Å². The fourth-order valence-corrected chi connectivity index (χ4v) is 3.22. The molecule has 2 N–H and O–H groups in total. The molecule has 130 valence electrons. The number of rotatable bonds is 3. The number of halogens is 1. The summed E-state index contributed by atoms with van der Waals surface area (Å²) in [6.45, 7) is 1.15. The number of nitrogens with zero attached hydrogens (tertiary/aromatic N) is 2. The fourth-order valence-electron chi connectivity index (χ4n) is 2.76. The standard InChI is InChI=1S/C17H17BrN4O3/c18-13-4-2-1-3-12(13)17(25)22-9-7-11(8-10-22)19-16(24)14-5-6-15(23)21-20-14/h1-6,11H,7-10H2,(H,19,24)(H,21,23). The lowest BCUT2D eigenvalue weighted by molar-refractivity contribution is 0.0696. The SMILES string of the molecule is O=C(NC1CCN(C(=O)c2ccccc2Br)CC1)c1ccc(=O)[nH]n1. The topological polar surface area (TPSA) is 95.2 Å². The van der Waals surface area contributed by atoms with Crippen LogP contribution < -0.4 is 10.9 Å². The average Bonchev–Trinajstić information content (AvgIpc) is 2.63. The first-order chi connectivity index (χ1) is 12.0. The van der Waals surface area contributed by atoms with E-state index in [0.717, 1.165) is 4.47 Å². The van der Waals surface area contributed by atoms with Crippen molar-refractivity contribution in [1.29, 1.82) is 0 Å². The molecule has 0 spiro atoms. The molecule has 0 atom stereocenters. The lowest BCUT2D eigenvalue weighted by atomic mass is 10.0. The normalized spacial score (nSPS) is 15.0. The third-order valence-corrected chi connectivity index (χ3v) is 4.82. The lowest BCUT2D eigenvalue weighted by Crippen LogP contribution is -2.46. The van der Waals surface area contributed by atoms with E-state index in [1.807, 2.05) is 18.2 Å². The van der Waals surface area contributed by atoms with Gasteiger partial charge in [-0.3, -0.25) is 14.4 Å². The highest BCUT2D eigenvalue weighted by Crippen LogP contribution is 2.20. The Kier molecular flexibility index (Phi) is 5.28. The smallest absolute Gasteiger partial charge is 0.271 e. The fraction of sp³-hybridized carbons (Fsp3) is 0.294. The molecule has 7 nitrogen and oxygen atoms in total. The number of aromatic nitrogens is 2. The number of hydrogen-bond donors (Lipinski definition) is 2. The van der Waals surface area contributed by atoms with Crippen LogP contribution in [0.2, 0.25) is 0 Å². The van der Waals surface area contributed by atoms with Gasteiger partial charge in [-0.2, -0.15) is 5.10 Å². The number of hydrogen-bond acceptors (Lipinski definition) is 4. The lowest BCUT2D eigenvalue weighted by Gasteiger charge is -2.32. The third-order valence-electron chi connectivity index (χ3n) is 4.13. The van der Waals surface area contributed by atoms with Gasteiger partial charge < -0.3 is 10.2 Å². The molecule has 1 aliphatic heterocycles. The molecule has 1 fully saturated rings. The number of piperidine rings is 1. The van der Waals surface area contributed by atoms with Crippen LogP contribution >= 0.6 is 15.9 Å². The minimum absolute atomic E-state index is 0.0143. The summed E-state index contributed by atoms with van der Waals surface area (Å²) in [6, 6.07) is 9.97. The highest BCUT2D eigenvalue weighted by atomic mass is 79.9. The molecule has 0 unspecified atom stereocenters. The Bertz CT molecular complexity index is 823. The van der Waals surface area contributed by atoms with Crippen LogP contribution in [0, 0.1) is 0 Å². The molecule has 0 aliphatic carbocycles. The van der Waals surface area contributed by atoms with Gasteiger partial charge in [-0.1, -0.05) is 12.1 Å². The molecule has 0 saturated carbocycles. The summed E-state index contributed by atoms with van der Waals surface area (Å²) < 4.78 is 0.777. The molecule has 1 aliphatic rings. The Labute approximate surface area is 152 Å². The molecule has 0 radical (unpaired) electrons. The largest absolute Gasteiger partial charge is 0.348 e. The van der Waals surface area contributed by atoms with Crippen molar-refractivity contribution in [2.24, 2.45) is 0 Å². The number of benzene rings is 1. The first-order valence-corrected chi connectivity index (χ1v) is 8.74. The molecule has 8 heteroatoms. The van der Waals surface area contributed by atoms with Gasteiger partial charge in [0, 0.05) is 29.7 Å². The number of likely N-dealkylation sites (tertiary alicyclic amines) is 1. The molecule has 1 saturated heterocycles. The average molecular weight is 405 g/mol. The Balaban J connectivity index is 1.56. The molecule has 25 heavy (non-hydrogen) atoms. The summed E-state index contributed by atoms with van der Waals surface area (Å²) >= 11 is 3.40. The van der Waals surface area contributed by atoms with E-state index < -0.39 is 0 Å². The number of nitrogens with one attached hydrogen (secondary N) is 2. The van der Waals surface area contributed by atoms with Crippen molar-refractivity contribution in [2.45, 2.75) is 18.9 Å². The predicted molar refractivity (Wildman–Crippen MR) is 95.4 cm³/mol. The van der Waals surface area contributed by atoms with Crippen molar-refractivity contribution >= 4 is 27.7 Å². The summed E-state index contributed by atoms with van der Waals surface area (Å²) in [6.07, 6.45) is 1.34. The zero-order chi connectivity index (χ0) is 17.8. The van der Waals surface area contributed by atoms with Gasteiger partial charge >= 0.3 is 0 Å². The maximum absolute atomic E-state index is 12.6. The molecule has 3 rings (SSSR count). The van der Waals surface area contributed by atoms with Crippen LogP contribution in [-0.4, -0.2) is 46.0 Å². The highest BCUT2D eigenvalue weighted by Gasteiger charge is 2.25. The van der Waals surface area contributed by atoms with E-state index >= 15 is 0 Å². The molecule has 2 amide bonds. The van der Waals surface area contributed by atoms with Crippen LogP contribution in [0.3, 0.4) is 0 Å². The highest BCUT2D eigenvalue weighted by molar-refractivity contribution is 9.10. The second kappa shape index (κ2) is 7.60. The van der Waals surface area contributed by atoms with Crippen molar-refractivity contribution in [3.05, 3.63) is 62.5 Å². The Morgan fingerprint density at radius 2 is 1.88 bits per heavy atom. The van der Waals surface area contributed by atoms with Gasteiger partial charge in [-0.05, 0) is 47.0 Å². The van der Waals surface area contributed by atoms with Crippen LogP contribution in [0.1, 0.15) is 33.7 Å². The van der Waals surface area contributed by atoms with E-state index in [1.54, 1.807) is 11.0 Å². The van der Waals surface area contributed by atoms with Gasteiger partial charge in [0.2, 0.25) is 0 Å². The minimum atomic E-state index is -0.351. The van der Waals surface area contributed by atoms with E-state index in [2.05, 4.69) is 31.4 Å². The monoisotopic (exact) mass is 404 g/mol. The quantitative estimate of drug-likeness (QED) is 0.811. The summed E-state index contributed by atoms with van der Waals surface area (Å²) in [5.41, 5.74) is 0.462. The van der Waals surface area contributed by atoms with Crippen LogP contribution in [0.15, 0.2) is 45.7 Å². The Morgan fingerprint density at radius 3 is 2.52 bits per heavy atom. The summed E-state index contributed by atoms with van der Waals surface area (Å²) in [4.78, 5) is 37.5. The van der Waals surface area contributed by atoms with Crippen molar-refractivity contribution in [3.8, 4) is 0 Å². The summed E-state index contributed by atoms with van der Waals surface area (Å²) in [5.74, 6) is -0.341. The van der Waals surface area contributed by atoms with Gasteiger partial charge in [0.1, 0.15) is 5.69 Å². The van der Waals surface area contributed by atoms with Gasteiger partial charge in [0.05, 0.1) is 5.56 Å². The van der Waals surface area contributed by atoms with Gasteiger partial charge in [0.25, 0.3) is 17.4 Å². The van der Waals surface area contributed by atoms with Gasteiger partial charge in [0.15, 0.2) is 0 Å². The molecule has 1 aromatic carbocycles. The van der Waals surface area contributed by atoms with E-state index in [-0.39, 0.29) is 29.1 Å². The molecule has 2 heterocycles. The zero-order valence-corrected chi connectivity index (χ0v) is 15.0. The number of carbonyl (C=O) groups excluding carboxylic acids is 2. The first kappa shape index (κ1) is 17.3. The van der Waals surface area contributed by atoms with Crippen molar-refractivity contribution in [1.82, 2.24) is 20.4 Å². The molecular formula is C17H17BrN4O3. The molecule has 2 aromatic rings. The van der Waals surface area contributed by atoms with Gasteiger partial charge in [-0.15, -0.1) is 0 Å². The van der Waals surface area contributed by atoms with E-state index in [0.29, 0.717) is 31.5 Å². The molecule has 1 aromatic heterocycles. The number of carbonyl (C=O) groups is 2. The predicted octanol–water partition coefficient (Wildman–Crippen LogP) is 1.57. The minimum Gasteiger partial charge on any atom is -0.348 e.